The van der Waals surface area contributed by atoms with Crippen molar-refractivity contribution in [2.75, 3.05) is 11.0 Å². The summed E-state index contributed by atoms with van der Waals surface area (Å²) in [4.78, 5) is 19.3. The van der Waals surface area contributed by atoms with E-state index in [0.717, 1.165) is 6.26 Å². The predicted molar refractivity (Wildman–Crippen MR) is 118 cm³/mol. The summed E-state index contributed by atoms with van der Waals surface area (Å²) in [6.07, 6.45) is 0.779. The number of nitrogens with zero attached hydrogens (tertiary/aromatic N) is 2. The fourth-order valence-electron chi connectivity index (χ4n) is 2.98. The summed E-state index contributed by atoms with van der Waals surface area (Å²) in [5, 5.41) is 28.7. The molecule has 0 aliphatic heterocycles. The molecule has 1 aromatic carbocycles. The van der Waals surface area contributed by atoms with E-state index < -0.39 is 40.4 Å². The first kappa shape index (κ1) is 25.4. The van der Waals surface area contributed by atoms with Gasteiger partial charge in [0.15, 0.2) is 0 Å². The molecular weight excluding hydrogens is 441 g/mol. The lowest BCUT2D eigenvalue weighted by Gasteiger charge is -2.17. The molecule has 0 saturated carbocycles. The molecule has 0 spiro atoms. The number of carboxylic acids is 1. The third kappa shape index (κ3) is 7.66. The van der Waals surface area contributed by atoms with E-state index >= 15 is 0 Å². The van der Waals surface area contributed by atoms with Crippen LogP contribution in [-0.2, 0) is 14.8 Å². The number of aromatic nitrogens is 2. The Labute approximate surface area is 185 Å². The van der Waals surface area contributed by atoms with Gasteiger partial charge in [-0.1, -0.05) is 26.0 Å². The first-order valence-electron chi connectivity index (χ1n) is 9.77. The molecule has 1 heterocycles. The van der Waals surface area contributed by atoms with Gasteiger partial charge in [0.2, 0.25) is 16.0 Å². The lowest BCUT2D eigenvalue weighted by Crippen LogP contribution is -2.19. The number of benzene rings is 1. The van der Waals surface area contributed by atoms with Crippen molar-refractivity contribution in [2.45, 2.75) is 44.8 Å². The molecule has 174 valence electrons. The largest absolute Gasteiger partial charge is 0.481 e. The summed E-state index contributed by atoms with van der Waals surface area (Å²) < 4.78 is 39.1. The van der Waals surface area contributed by atoms with Gasteiger partial charge in [-0.25, -0.2) is 22.8 Å². The van der Waals surface area contributed by atoms with Gasteiger partial charge in [0, 0.05) is 17.5 Å². The zero-order valence-corrected chi connectivity index (χ0v) is 18.7. The second-order valence-electron chi connectivity index (χ2n) is 7.64. The highest BCUT2D eigenvalue weighted by molar-refractivity contribution is 7.91. The number of rotatable bonds is 10. The monoisotopic (exact) mass is 467 g/mol. The number of nitrogens with one attached hydrogen (secondary N) is 1. The highest BCUT2D eigenvalue weighted by atomic mass is 32.2. The maximum Gasteiger partial charge on any atom is 0.305 e. The van der Waals surface area contributed by atoms with Gasteiger partial charge < -0.3 is 15.3 Å². The van der Waals surface area contributed by atoms with Crippen LogP contribution >= 0.6 is 0 Å². The van der Waals surface area contributed by atoms with Crippen molar-refractivity contribution in [3.05, 3.63) is 47.4 Å². The summed E-state index contributed by atoms with van der Waals surface area (Å²) in [6, 6.07) is 5.44. The normalized spacial score (nSPS) is 14.0. The summed E-state index contributed by atoms with van der Waals surface area (Å²) in [5.74, 6) is -1.96. The molecule has 9 nitrogen and oxygen atoms in total. The van der Waals surface area contributed by atoms with Gasteiger partial charge in [-0.15, -0.1) is 0 Å². The minimum Gasteiger partial charge on any atom is -0.481 e. The average molecular weight is 468 g/mol. The molecule has 2 aromatic rings. The van der Waals surface area contributed by atoms with Crippen molar-refractivity contribution in [2.24, 2.45) is 0 Å². The highest BCUT2D eigenvalue weighted by Crippen LogP contribution is 2.30. The van der Waals surface area contributed by atoms with Gasteiger partial charge in [-0.2, -0.15) is 0 Å². The third-order valence-electron chi connectivity index (χ3n) is 4.33. The van der Waals surface area contributed by atoms with Crippen molar-refractivity contribution in [1.82, 2.24) is 9.97 Å². The molecule has 0 amide bonds. The minimum absolute atomic E-state index is 0.148. The van der Waals surface area contributed by atoms with Gasteiger partial charge in [0.05, 0.1) is 36.3 Å². The first-order valence-corrected chi connectivity index (χ1v) is 11.7. The first-order chi connectivity index (χ1) is 14.9. The molecule has 2 rings (SSSR count). The molecule has 1 aromatic heterocycles. The van der Waals surface area contributed by atoms with E-state index in [4.69, 9.17) is 5.11 Å². The standard InChI is InChI=1S/C21H26FN3O6S/c1-12(2)19-17(9-8-15(26)10-16(27)11-18(28)29)20(13-4-6-14(22)7-5-13)24-21(23-19)25-32(3,30)31/h4-9,12,15-16,26-27H,10-11H2,1-3H3,(H,28,29)(H,23,24,25)/b9-8+/t15-,16+/m0/s1. The second kappa shape index (κ2) is 10.6. The Balaban J connectivity index is 2.55. The van der Waals surface area contributed by atoms with Gasteiger partial charge in [-0.3, -0.25) is 9.52 Å². The number of sulfonamides is 1. The molecule has 2 atom stereocenters. The Kier molecular flexibility index (Phi) is 8.42. The second-order valence-corrected chi connectivity index (χ2v) is 9.39. The maximum absolute atomic E-state index is 13.4. The van der Waals surface area contributed by atoms with Crippen LogP contribution in [0, 0.1) is 5.82 Å². The lowest BCUT2D eigenvalue weighted by atomic mass is 9.97. The van der Waals surface area contributed by atoms with Crippen LogP contribution in [0.3, 0.4) is 0 Å². The SMILES string of the molecule is CC(C)c1nc(NS(C)(=O)=O)nc(-c2ccc(F)cc2)c1/C=C/[C@H](O)C[C@@H](O)CC(=O)O. The number of hydrogen-bond acceptors (Lipinski definition) is 7. The van der Waals surface area contributed by atoms with Gasteiger partial charge in [-0.05, 0) is 30.2 Å². The number of aliphatic hydroxyl groups excluding tert-OH is 2. The lowest BCUT2D eigenvalue weighted by molar-refractivity contribution is -0.139. The van der Waals surface area contributed by atoms with E-state index in [1.165, 1.54) is 36.4 Å². The molecular formula is C21H26FN3O6S. The van der Waals surface area contributed by atoms with Gasteiger partial charge in [0.1, 0.15) is 5.82 Å². The molecule has 0 bridgehead atoms. The zero-order chi connectivity index (χ0) is 24.1. The van der Waals surface area contributed by atoms with Crippen molar-refractivity contribution >= 4 is 28.0 Å². The molecule has 0 radical (unpaired) electrons. The van der Waals surface area contributed by atoms with Crippen LogP contribution in [0.4, 0.5) is 10.3 Å². The van der Waals surface area contributed by atoms with Crippen molar-refractivity contribution in [3.8, 4) is 11.3 Å². The number of carboxylic acid groups (broad SMARTS) is 1. The number of anilines is 1. The van der Waals surface area contributed by atoms with E-state index in [9.17, 15) is 27.8 Å². The van der Waals surface area contributed by atoms with E-state index in [2.05, 4.69) is 14.7 Å². The predicted octanol–water partition coefficient (Wildman–Crippen LogP) is 2.38. The Bertz CT molecular complexity index is 1090. The molecule has 0 unspecified atom stereocenters. The van der Waals surface area contributed by atoms with E-state index in [1.54, 1.807) is 0 Å². The van der Waals surface area contributed by atoms with Crippen molar-refractivity contribution < 1.29 is 32.9 Å². The summed E-state index contributed by atoms with van der Waals surface area (Å²) in [7, 11) is -3.66. The summed E-state index contributed by atoms with van der Waals surface area (Å²) >= 11 is 0. The van der Waals surface area contributed by atoms with Crippen LogP contribution in [0.15, 0.2) is 30.3 Å². The molecule has 11 heteroatoms. The summed E-state index contributed by atoms with van der Waals surface area (Å²) in [6.45, 7) is 3.68. The smallest absolute Gasteiger partial charge is 0.305 e. The van der Waals surface area contributed by atoms with Crippen LogP contribution in [0.2, 0.25) is 0 Å². The number of hydrogen-bond donors (Lipinski definition) is 4. The third-order valence-corrected chi connectivity index (χ3v) is 4.88. The van der Waals surface area contributed by atoms with E-state index in [1.807, 2.05) is 13.8 Å². The number of aliphatic hydroxyl groups is 2. The van der Waals surface area contributed by atoms with Crippen molar-refractivity contribution in [1.29, 1.82) is 0 Å². The van der Waals surface area contributed by atoms with Crippen LogP contribution in [-0.4, -0.2) is 58.1 Å². The number of halogens is 1. The van der Waals surface area contributed by atoms with E-state index in [0.29, 0.717) is 22.5 Å². The molecule has 32 heavy (non-hydrogen) atoms. The van der Waals surface area contributed by atoms with Crippen LogP contribution < -0.4 is 4.72 Å². The van der Waals surface area contributed by atoms with Crippen LogP contribution in [0.1, 0.15) is 43.9 Å². The number of aliphatic carboxylic acids is 1. The van der Waals surface area contributed by atoms with Gasteiger partial charge in [0.25, 0.3) is 0 Å². The highest BCUT2D eigenvalue weighted by Gasteiger charge is 2.19. The number of carbonyl (C=O) groups is 1. The van der Waals surface area contributed by atoms with Crippen LogP contribution in [0.5, 0.6) is 0 Å². The minimum atomic E-state index is -3.66. The maximum atomic E-state index is 13.4. The molecule has 0 aliphatic rings. The Morgan fingerprint density at radius 1 is 1.19 bits per heavy atom. The topological polar surface area (TPSA) is 150 Å². The molecule has 0 aliphatic carbocycles. The van der Waals surface area contributed by atoms with Gasteiger partial charge >= 0.3 is 5.97 Å². The molecule has 0 fully saturated rings. The fraction of sp³-hybridized carbons (Fsp3) is 0.381. The molecule has 4 N–H and O–H groups in total. The average Bonchev–Trinajstić information content (AvgIpc) is 2.64. The molecule has 0 saturated heterocycles. The van der Waals surface area contributed by atoms with E-state index in [-0.39, 0.29) is 18.3 Å². The quantitative estimate of drug-likeness (QED) is 0.416. The Morgan fingerprint density at radius 3 is 2.34 bits per heavy atom. The van der Waals surface area contributed by atoms with Crippen molar-refractivity contribution in [3.63, 3.8) is 0 Å². The zero-order valence-electron chi connectivity index (χ0n) is 17.9. The summed E-state index contributed by atoms with van der Waals surface area (Å²) in [5.41, 5.74) is 1.74. The Hall–Kier alpha value is -2.89. The fourth-order valence-corrected chi connectivity index (χ4v) is 3.40. The van der Waals surface area contributed by atoms with Crippen LogP contribution in [0.25, 0.3) is 17.3 Å². The Morgan fingerprint density at radius 2 is 1.81 bits per heavy atom.